The average molecular weight is 353 g/mol. The summed E-state index contributed by atoms with van der Waals surface area (Å²) in [6, 6.07) is 4.16. The molecule has 0 aliphatic heterocycles. The van der Waals surface area contributed by atoms with E-state index in [-0.39, 0.29) is 0 Å². The Labute approximate surface area is 147 Å². The van der Waals surface area contributed by atoms with Gasteiger partial charge >= 0.3 is 0 Å². The van der Waals surface area contributed by atoms with Crippen molar-refractivity contribution in [3.8, 4) is 5.88 Å². The Morgan fingerprint density at radius 3 is 2.92 bits per heavy atom. The maximum absolute atomic E-state index is 12.1. The van der Waals surface area contributed by atoms with Gasteiger partial charge in [0.05, 0.1) is 7.11 Å². The van der Waals surface area contributed by atoms with Crippen molar-refractivity contribution in [2.24, 2.45) is 4.99 Å². The summed E-state index contributed by atoms with van der Waals surface area (Å²) in [4.78, 5) is 8.49. The molecule has 1 saturated carbocycles. The molecule has 6 nitrogen and oxygen atoms in total. The molecule has 1 aliphatic rings. The zero-order valence-corrected chi connectivity index (χ0v) is 15.6. The average Bonchev–Trinajstić information content (AvgIpc) is 2.65. The van der Waals surface area contributed by atoms with E-state index >= 15 is 0 Å². The zero-order chi connectivity index (χ0) is 17.4. The van der Waals surface area contributed by atoms with Crippen molar-refractivity contribution in [3.63, 3.8) is 0 Å². The molecule has 3 atom stereocenters. The van der Waals surface area contributed by atoms with Gasteiger partial charge in [-0.3, -0.25) is 9.20 Å². The summed E-state index contributed by atoms with van der Waals surface area (Å²) in [6.07, 6.45) is 6.03. The Morgan fingerprint density at radius 2 is 2.29 bits per heavy atom. The summed E-state index contributed by atoms with van der Waals surface area (Å²) in [7, 11) is 2.67. The molecule has 0 spiro atoms. The van der Waals surface area contributed by atoms with Crippen LogP contribution in [0.2, 0.25) is 0 Å². The molecular formula is C17H28N4O2S. The molecule has 1 aliphatic carbocycles. The predicted molar refractivity (Wildman–Crippen MR) is 98.9 cm³/mol. The van der Waals surface area contributed by atoms with E-state index in [1.807, 2.05) is 19.1 Å². The van der Waals surface area contributed by atoms with E-state index in [1.165, 1.54) is 0 Å². The Balaban J connectivity index is 1.84. The second-order valence-electron chi connectivity index (χ2n) is 5.93. The van der Waals surface area contributed by atoms with E-state index in [0.29, 0.717) is 23.7 Å². The number of nitrogens with zero attached hydrogens (tertiary/aromatic N) is 2. The van der Waals surface area contributed by atoms with Crippen LogP contribution in [-0.2, 0) is 17.3 Å². The van der Waals surface area contributed by atoms with Crippen molar-refractivity contribution in [1.29, 1.82) is 0 Å². The highest BCUT2D eigenvalue weighted by Gasteiger charge is 2.25. The molecule has 0 radical (unpaired) electrons. The SMILES string of the molecule is CCS(=O)C1CCCC(NC(=NC)NCc2ccc(OC)nc2)C1. The summed E-state index contributed by atoms with van der Waals surface area (Å²) in [5, 5.41) is 7.09. The van der Waals surface area contributed by atoms with Crippen molar-refractivity contribution in [2.45, 2.75) is 50.4 Å². The first-order valence-corrected chi connectivity index (χ1v) is 9.87. The minimum atomic E-state index is -0.708. The Bertz CT molecular complexity index is 562. The predicted octanol–water partition coefficient (Wildman–Crippen LogP) is 1.83. The number of pyridine rings is 1. The van der Waals surface area contributed by atoms with Crippen LogP contribution >= 0.6 is 0 Å². The van der Waals surface area contributed by atoms with Crippen LogP contribution in [0.15, 0.2) is 23.3 Å². The fraction of sp³-hybridized carbons (Fsp3) is 0.647. The normalized spacial score (nSPS) is 22.7. The van der Waals surface area contributed by atoms with Gasteiger partial charge < -0.3 is 15.4 Å². The van der Waals surface area contributed by atoms with Crippen molar-refractivity contribution in [3.05, 3.63) is 23.9 Å². The molecule has 24 heavy (non-hydrogen) atoms. The van der Waals surface area contributed by atoms with E-state index in [2.05, 4.69) is 20.6 Å². The van der Waals surface area contributed by atoms with Gasteiger partial charge in [-0.1, -0.05) is 19.4 Å². The van der Waals surface area contributed by atoms with Crippen LogP contribution in [0, 0.1) is 0 Å². The van der Waals surface area contributed by atoms with Crippen LogP contribution in [0.5, 0.6) is 5.88 Å². The quantitative estimate of drug-likeness (QED) is 0.603. The highest BCUT2D eigenvalue weighted by Crippen LogP contribution is 2.23. The Hall–Kier alpha value is -1.63. The third kappa shape index (κ3) is 5.47. The fourth-order valence-corrected chi connectivity index (χ4v) is 4.31. The fourth-order valence-electron chi connectivity index (χ4n) is 2.96. The van der Waals surface area contributed by atoms with Crippen LogP contribution < -0.4 is 15.4 Å². The van der Waals surface area contributed by atoms with Gasteiger partial charge in [-0.05, 0) is 24.8 Å². The van der Waals surface area contributed by atoms with Crippen molar-refractivity contribution >= 4 is 16.8 Å². The lowest BCUT2D eigenvalue weighted by atomic mass is 9.95. The smallest absolute Gasteiger partial charge is 0.212 e. The molecule has 3 unspecified atom stereocenters. The van der Waals surface area contributed by atoms with E-state index in [9.17, 15) is 4.21 Å². The summed E-state index contributed by atoms with van der Waals surface area (Å²) < 4.78 is 17.1. The van der Waals surface area contributed by atoms with Crippen LogP contribution in [0.3, 0.4) is 0 Å². The van der Waals surface area contributed by atoms with Crippen LogP contribution in [-0.4, -0.2) is 46.4 Å². The molecule has 1 aromatic heterocycles. The first-order chi connectivity index (χ1) is 11.7. The minimum absolute atomic E-state index is 0.310. The molecular weight excluding hydrogens is 324 g/mol. The Morgan fingerprint density at radius 1 is 1.46 bits per heavy atom. The number of ether oxygens (including phenoxy) is 1. The second kappa shape index (κ2) is 9.61. The summed E-state index contributed by atoms with van der Waals surface area (Å²) in [5.74, 6) is 2.13. The van der Waals surface area contributed by atoms with Gasteiger partial charge in [-0.25, -0.2) is 4.98 Å². The van der Waals surface area contributed by atoms with Gasteiger partial charge in [0, 0.05) is 53.7 Å². The van der Waals surface area contributed by atoms with Gasteiger partial charge in [-0.2, -0.15) is 0 Å². The number of guanidine groups is 1. The number of aliphatic imine (C=N–C) groups is 1. The third-order valence-electron chi connectivity index (χ3n) is 4.31. The molecule has 0 bridgehead atoms. The lowest BCUT2D eigenvalue weighted by molar-refractivity contribution is 0.397. The van der Waals surface area contributed by atoms with Gasteiger partial charge in [0.2, 0.25) is 5.88 Å². The molecule has 2 rings (SSSR count). The third-order valence-corrected chi connectivity index (χ3v) is 6.05. The molecule has 7 heteroatoms. The number of nitrogens with one attached hydrogen (secondary N) is 2. The number of aromatic nitrogens is 1. The standard InChI is InChI=1S/C17H28N4O2S/c1-4-24(22)15-7-5-6-14(10-15)21-17(18-2)20-12-13-8-9-16(23-3)19-11-13/h8-9,11,14-15H,4-7,10,12H2,1-3H3,(H2,18,20,21). The first-order valence-electron chi connectivity index (χ1n) is 8.49. The summed E-state index contributed by atoms with van der Waals surface area (Å²) in [6.45, 7) is 2.64. The van der Waals surface area contributed by atoms with Crippen molar-refractivity contribution < 1.29 is 8.95 Å². The summed E-state index contributed by atoms with van der Waals surface area (Å²) in [5.41, 5.74) is 1.06. The zero-order valence-electron chi connectivity index (χ0n) is 14.7. The number of methoxy groups -OCH3 is 1. The molecule has 2 N–H and O–H groups in total. The van der Waals surface area contributed by atoms with Gasteiger partial charge in [-0.15, -0.1) is 0 Å². The van der Waals surface area contributed by atoms with Crippen molar-refractivity contribution in [2.75, 3.05) is 19.9 Å². The van der Waals surface area contributed by atoms with E-state index in [1.54, 1.807) is 20.4 Å². The Kier molecular flexibility index (Phi) is 7.49. The molecule has 1 aromatic rings. The number of hydrogen-bond acceptors (Lipinski definition) is 4. The second-order valence-corrected chi connectivity index (χ2v) is 7.94. The van der Waals surface area contributed by atoms with E-state index in [0.717, 1.165) is 43.0 Å². The summed E-state index contributed by atoms with van der Waals surface area (Å²) >= 11 is 0. The van der Waals surface area contributed by atoms with Gasteiger partial charge in [0.25, 0.3) is 0 Å². The molecule has 134 valence electrons. The van der Waals surface area contributed by atoms with E-state index in [4.69, 9.17) is 4.74 Å². The van der Waals surface area contributed by atoms with E-state index < -0.39 is 10.8 Å². The van der Waals surface area contributed by atoms with Crippen LogP contribution in [0.1, 0.15) is 38.2 Å². The largest absolute Gasteiger partial charge is 0.481 e. The molecule has 0 aromatic carbocycles. The molecule has 1 heterocycles. The molecule has 0 amide bonds. The maximum Gasteiger partial charge on any atom is 0.212 e. The molecule has 1 fully saturated rings. The highest BCUT2D eigenvalue weighted by molar-refractivity contribution is 7.85. The minimum Gasteiger partial charge on any atom is -0.481 e. The lowest BCUT2D eigenvalue weighted by Crippen LogP contribution is -2.46. The monoisotopic (exact) mass is 352 g/mol. The maximum atomic E-state index is 12.1. The highest BCUT2D eigenvalue weighted by atomic mass is 32.2. The van der Waals surface area contributed by atoms with Crippen LogP contribution in [0.4, 0.5) is 0 Å². The topological polar surface area (TPSA) is 75.6 Å². The lowest BCUT2D eigenvalue weighted by Gasteiger charge is -2.30. The van der Waals surface area contributed by atoms with Crippen LogP contribution in [0.25, 0.3) is 0 Å². The number of rotatable bonds is 6. The number of hydrogen-bond donors (Lipinski definition) is 2. The molecule has 0 saturated heterocycles. The first kappa shape index (κ1) is 18.7. The van der Waals surface area contributed by atoms with Crippen molar-refractivity contribution in [1.82, 2.24) is 15.6 Å². The van der Waals surface area contributed by atoms with Gasteiger partial charge in [0.1, 0.15) is 0 Å². The van der Waals surface area contributed by atoms with Gasteiger partial charge in [0.15, 0.2) is 5.96 Å².